The molecular weight excluding hydrogens is 440 g/mol. The number of methoxy groups -OCH3 is 2. The highest BCUT2D eigenvalue weighted by molar-refractivity contribution is 7.92. The molecule has 1 amide bonds. The van der Waals surface area contributed by atoms with E-state index in [1.807, 2.05) is 19.9 Å². The van der Waals surface area contributed by atoms with Crippen molar-refractivity contribution in [2.75, 3.05) is 25.6 Å². The van der Waals surface area contributed by atoms with E-state index >= 15 is 0 Å². The summed E-state index contributed by atoms with van der Waals surface area (Å²) in [6.07, 6.45) is 0. The van der Waals surface area contributed by atoms with Crippen LogP contribution in [0.2, 0.25) is 0 Å². The largest absolute Gasteiger partial charge is 0.497 e. The number of carbonyl (C=O) groups excluding carboxylic acids is 1. The van der Waals surface area contributed by atoms with E-state index in [9.17, 15) is 13.2 Å². The molecule has 1 unspecified atom stereocenters. The highest BCUT2D eigenvalue weighted by atomic mass is 32.2. The molecule has 0 bridgehead atoms. The lowest BCUT2D eigenvalue weighted by molar-refractivity contribution is 0.0939. The first-order valence-corrected chi connectivity index (χ1v) is 11.8. The number of benzene rings is 3. The van der Waals surface area contributed by atoms with Gasteiger partial charge < -0.3 is 14.8 Å². The van der Waals surface area contributed by atoms with Gasteiger partial charge >= 0.3 is 0 Å². The van der Waals surface area contributed by atoms with E-state index in [2.05, 4.69) is 5.32 Å². The van der Waals surface area contributed by atoms with Crippen molar-refractivity contribution in [3.63, 3.8) is 0 Å². The highest BCUT2D eigenvalue weighted by Crippen LogP contribution is 2.30. The molecule has 3 rings (SSSR count). The zero-order chi connectivity index (χ0) is 24.2. The van der Waals surface area contributed by atoms with Gasteiger partial charge in [0.15, 0.2) is 0 Å². The molecule has 0 aromatic heterocycles. The summed E-state index contributed by atoms with van der Waals surface area (Å²) < 4.78 is 37.9. The van der Waals surface area contributed by atoms with E-state index in [-0.39, 0.29) is 16.8 Å². The van der Waals surface area contributed by atoms with Crippen LogP contribution in [0.25, 0.3) is 0 Å². The van der Waals surface area contributed by atoms with Gasteiger partial charge in [-0.3, -0.25) is 9.10 Å². The number of ether oxygens (including phenoxy) is 2. The van der Waals surface area contributed by atoms with E-state index in [4.69, 9.17) is 9.47 Å². The van der Waals surface area contributed by atoms with Crippen molar-refractivity contribution in [2.45, 2.75) is 24.8 Å². The fourth-order valence-corrected chi connectivity index (χ4v) is 4.57. The van der Waals surface area contributed by atoms with Crippen LogP contribution in [-0.4, -0.2) is 35.6 Å². The van der Waals surface area contributed by atoms with Crippen LogP contribution in [0, 0.1) is 6.92 Å². The van der Waals surface area contributed by atoms with E-state index in [0.29, 0.717) is 22.7 Å². The molecule has 0 radical (unpaired) electrons. The number of amides is 1. The molecule has 0 fully saturated rings. The van der Waals surface area contributed by atoms with Gasteiger partial charge in [-0.25, -0.2) is 8.42 Å². The Labute approximate surface area is 195 Å². The zero-order valence-electron chi connectivity index (χ0n) is 19.3. The SMILES string of the molecule is COc1ccc(OC)c(C(C)NC(=O)c2cccc(N(C)S(=O)(=O)c3ccc(C)cc3)c2)c1. The summed E-state index contributed by atoms with van der Waals surface area (Å²) in [4.78, 5) is 13.1. The van der Waals surface area contributed by atoms with Crippen LogP contribution in [0.3, 0.4) is 0 Å². The standard InChI is InChI=1S/C25H28N2O5S/c1-17-9-12-22(13-10-17)33(29,30)27(3)20-8-6-7-19(15-20)25(28)26-18(2)23-16-21(31-4)11-14-24(23)32-5/h6-16,18H,1-5H3,(H,26,28). The first-order valence-electron chi connectivity index (χ1n) is 10.4. The van der Waals surface area contributed by atoms with Crippen molar-refractivity contribution in [3.05, 3.63) is 83.4 Å². The number of sulfonamides is 1. The van der Waals surface area contributed by atoms with Crippen LogP contribution in [0.15, 0.2) is 71.6 Å². The van der Waals surface area contributed by atoms with Gasteiger partial charge in [0, 0.05) is 18.2 Å². The van der Waals surface area contributed by atoms with Crippen LogP contribution in [0.5, 0.6) is 11.5 Å². The van der Waals surface area contributed by atoms with Crippen molar-refractivity contribution >= 4 is 21.6 Å². The van der Waals surface area contributed by atoms with Crippen molar-refractivity contribution in [1.82, 2.24) is 5.32 Å². The normalized spacial score (nSPS) is 12.0. The molecular formula is C25H28N2O5S. The van der Waals surface area contributed by atoms with Crippen molar-refractivity contribution in [2.24, 2.45) is 0 Å². The van der Waals surface area contributed by atoms with Gasteiger partial charge in [-0.2, -0.15) is 0 Å². The minimum absolute atomic E-state index is 0.184. The van der Waals surface area contributed by atoms with E-state index < -0.39 is 10.0 Å². The first-order chi connectivity index (χ1) is 15.7. The summed E-state index contributed by atoms with van der Waals surface area (Å²) in [7, 11) is 0.839. The molecule has 0 aliphatic rings. The van der Waals surface area contributed by atoms with E-state index in [0.717, 1.165) is 11.1 Å². The third-order valence-electron chi connectivity index (χ3n) is 5.40. The molecule has 0 saturated heterocycles. The lowest BCUT2D eigenvalue weighted by Crippen LogP contribution is -2.29. The second kappa shape index (κ2) is 9.95. The number of hydrogen-bond acceptors (Lipinski definition) is 5. The lowest BCUT2D eigenvalue weighted by Gasteiger charge is -2.21. The molecule has 33 heavy (non-hydrogen) atoms. The van der Waals surface area contributed by atoms with Crippen molar-refractivity contribution in [1.29, 1.82) is 0 Å². The maximum Gasteiger partial charge on any atom is 0.264 e. The fourth-order valence-electron chi connectivity index (χ4n) is 3.39. The second-order valence-corrected chi connectivity index (χ2v) is 9.61. The molecule has 7 nitrogen and oxygen atoms in total. The molecule has 0 aliphatic carbocycles. The number of aryl methyl sites for hydroxylation is 1. The topological polar surface area (TPSA) is 84.9 Å². The quantitative estimate of drug-likeness (QED) is 0.532. The lowest BCUT2D eigenvalue weighted by atomic mass is 10.1. The number of rotatable bonds is 8. The molecule has 0 saturated carbocycles. The third kappa shape index (κ3) is 5.28. The molecule has 1 atom stereocenters. The number of nitrogens with zero attached hydrogens (tertiary/aromatic N) is 1. The first kappa shape index (κ1) is 24.1. The molecule has 0 aliphatic heterocycles. The summed E-state index contributed by atoms with van der Waals surface area (Å²) in [6.45, 7) is 3.73. The molecule has 8 heteroatoms. The average Bonchev–Trinajstić information content (AvgIpc) is 2.83. The molecule has 0 spiro atoms. The summed E-state index contributed by atoms with van der Waals surface area (Å²) >= 11 is 0. The average molecular weight is 469 g/mol. The summed E-state index contributed by atoms with van der Waals surface area (Å²) in [5.41, 5.74) is 2.46. The Hall–Kier alpha value is -3.52. The van der Waals surface area contributed by atoms with Gasteiger partial charge in [-0.15, -0.1) is 0 Å². The molecule has 3 aromatic carbocycles. The van der Waals surface area contributed by atoms with Gasteiger partial charge in [0.05, 0.1) is 30.8 Å². The van der Waals surface area contributed by atoms with Crippen molar-refractivity contribution in [3.8, 4) is 11.5 Å². The van der Waals surface area contributed by atoms with Crippen LogP contribution in [0.1, 0.15) is 34.5 Å². The van der Waals surface area contributed by atoms with Crippen LogP contribution in [-0.2, 0) is 10.0 Å². The highest BCUT2D eigenvalue weighted by Gasteiger charge is 2.22. The summed E-state index contributed by atoms with van der Waals surface area (Å²) in [6, 6.07) is 18.1. The number of anilines is 1. The Kier molecular flexibility index (Phi) is 7.28. The van der Waals surface area contributed by atoms with Crippen LogP contribution < -0.4 is 19.1 Å². The molecule has 1 N–H and O–H groups in total. The maximum absolute atomic E-state index is 13.0. The van der Waals surface area contributed by atoms with E-state index in [1.165, 1.54) is 11.4 Å². The van der Waals surface area contributed by atoms with Crippen LogP contribution in [0.4, 0.5) is 5.69 Å². The Bertz CT molecular complexity index is 1240. The maximum atomic E-state index is 13.0. The smallest absolute Gasteiger partial charge is 0.264 e. The fraction of sp³-hybridized carbons (Fsp3) is 0.240. The molecule has 0 heterocycles. The second-order valence-electron chi connectivity index (χ2n) is 7.64. The van der Waals surface area contributed by atoms with Crippen LogP contribution >= 0.6 is 0 Å². The van der Waals surface area contributed by atoms with Gasteiger partial charge in [0.2, 0.25) is 0 Å². The van der Waals surface area contributed by atoms with Gasteiger partial charge in [-0.05, 0) is 62.4 Å². The number of carbonyl (C=O) groups is 1. The zero-order valence-corrected chi connectivity index (χ0v) is 20.1. The predicted octanol–water partition coefficient (Wildman–Crippen LogP) is 4.33. The van der Waals surface area contributed by atoms with Gasteiger partial charge in [0.25, 0.3) is 15.9 Å². The Morgan fingerprint density at radius 2 is 1.67 bits per heavy atom. The number of nitrogens with one attached hydrogen (secondary N) is 1. The Morgan fingerprint density at radius 1 is 0.970 bits per heavy atom. The number of hydrogen-bond donors (Lipinski definition) is 1. The molecule has 3 aromatic rings. The van der Waals surface area contributed by atoms with E-state index in [1.54, 1.807) is 74.9 Å². The van der Waals surface area contributed by atoms with Crippen molar-refractivity contribution < 1.29 is 22.7 Å². The third-order valence-corrected chi connectivity index (χ3v) is 7.20. The Balaban J connectivity index is 1.83. The molecule has 174 valence electrons. The summed E-state index contributed by atoms with van der Waals surface area (Å²) in [5.74, 6) is 0.938. The Morgan fingerprint density at radius 3 is 2.30 bits per heavy atom. The minimum Gasteiger partial charge on any atom is -0.497 e. The van der Waals surface area contributed by atoms with Gasteiger partial charge in [-0.1, -0.05) is 23.8 Å². The van der Waals surface area contributed by atoms with Gasteiger partial charge in [0.1, 0.15) is 11.5 Å². The summed E-state index contributed by atoms with van der Waals surface area (Å²) in [5, 5.41) is 2.94. The monoisotopic (exact) mass is 468 g/mol. The predicted molar refractivity (Wildman–Crippen MR) is 129 cm³/mol. The minimum atomic E-state index is -3.76.